The number of ether oxygens (including phenoxy) is 2. The Kier molecular flexibility index (Phi) is 5.64. The van der Waals surface area contributed by atoms with E-state index >= 15 is 0 Å². The topological polar surface area (TPSA) is 117 Å². The summed E-state index contributed by atoms with van der Waals surface area (Å²) in [6.45, 7) is 4.00. The molecule has 0 atom stereocenters. The minimum absolute atomic E-state index is 0.303. The molecule has 0 aliphatic heterocycles. The molecule has 2 aromatic rings. The van der Waals surface area contributed by atoms with Gasteiger partial charge in [-0.25, -0.2) is 0 Å². The zero-order chi connectivity index (χ0) is 17.7. The number of H-pyrrole nitrogens is 1. The minimum atomic E-state index is -0.663. The Morgan fingerprint density at radius 2 is 1.96 bits per heavy atom. The highest BCUT2D eigenvalue weighted by atomic mass is 16.5. The summed E-state index contributed by atoms with van der Waals surface area (Å²) in [5.74, 6) is -0.204. The molecule has 2 rings (SSSR count). The third kappa shape index (κ3) is 3.43. The van der Waals surface area contributed by atoms with Crippen molar-refractivity contribution in [3.63, 3.8) is 0 Å². The number of quaternary nitrogens is 1. The van der Waals surface area contributed by atoms with Crippen molar-refractivity contribution in [2.45, 2.75) is 6.92 Å². The van der Waals surface area contributed by atoms with Gasteiger partial charge in [0.15, 0.2) is 11.5 Å². The van der Waals surface area contributed by atoms with E-state index in [1.807, 2.05) is 12.2 Å². The number of nitrogens with two attached hydrogens (primary N) is 1. The molecule has 0 bridgehead atoms. The maximum atomic E-state index is 12.2. The Labute approximate surface area is 138 Å². The molecule has 0 unspecified atom stereocenters. The minimum Gasteiger partial charge on any atom is -0.506 e. The average Bonchev–Trinajstić information content (AvgIpc) is 2.57. The predicted molar refractivity (Wildman–Crippen MR) is 89.0 cm³/mol. The molecule has 0 radical (unpaired) electrons. The molecule has 130 valence electrons. The van der Waals surface area contributed by atoms with Crippen LogP contribution in [0.1, 0.15) is 17.3 Å². The SMILES string of the molecule is CC[NH2+]CCNC(=O)c1c(O)c2cc(OC)c(OC)cc2[nH]c1=O. The van der Waals surface area contributed by atoms with E-state index in [4.69, 9.17) is 9.47 Å². The second-order valence-electron chi connectivity index (χ2n) is 5.17. The highest BCUT2D eigenvalue weighted by molar-refractivity contribution is 6.02. The summed E-state index contributed by atoms with van der Waals surface area (Å²) >= 11 is 0. The average molecular weight is 336 g/mol. The molecule has 1 amide bonds. The van der Waals surface area contributed by atoms with Crippen molar-refractivity contribution in [1.29, 1.82) is 0 Å². The van der Waals surface area contributed by atoms with Crippen LogP contribution in [0.4, 0.5) is 0 Å². The van der Waals surface area contributed by atoms with Crippen LogP contribution in [0, 0.1) is 0 Å². The molecule has 1 heterocycles. The molecule has 0 saturated heterocycles. The molecule has 24 heavy (non-hydrogen) atoms. The largest absolute Gasteiger partial charge is 0.506 e. The highest BCUT2D eigenvalue weighted by Gasteiger charge is 2.20. The predicted octanol–water partition coefficient (Wildman–Crippen LogP) is -0.436. The maximum Gasteiger partial charge on any atom is 0.265 e. The van der Waals surface area contributed by atoms with Crippen molar-refractivity contribution in [1.82, 2.24) is 10.3 Å². The van der Waals surface area contributed by atoms with Crippen molar-refractivity contribution in [2.24, 2.45) is 0 Å². The molecule has 0 saturated carbocycles. The van der Waals surface area contributed by atoms with Gasteiger partial charge in [0, 0.05) is 11.5 Å². The number of fused-ring (bicyclic) bond motifs is 1. The Hall–Kier alpha value is -2.74. The fourth-order valence-corrected chi connectivity index (χ4v) is 2.40. The fraction of sp³-hybridized carbons (Fsp3) is 0.375. The van der Waals surface area contributed by atoms with E-state index in [1.165, 1.54) is 26.4 Å². The number of hydrogen-bond donors (Lipinski definition) is 4. The zero-order valence-electron chi connectivity index (χ0n) is 13.9. The lowest BCUT2D eigenvalue weighted by Crippen LogP contribution is -2.85. The van der Waals surface area contributed by atoms with Crippen LogP contribution < -0.4 is 25.7 Å². The summed E-state index contributed by atoms with van der Waals surface area (Å²) in [4.78, 5) is 27.0. The van der Waals surface area contributed by atoms with E-state index in [0.29, 0.717) is 35.5 Å². The number of nitrogens with one attached hydrogen (secondary N) is 2. The summed E-state index contributed by atoms with van der Waals surface area (Å²) in [6.07, 6.45) is 0. The summed E-state index contributed by atoms with van der Waals surface area (Å²) in [5, 5.41) is 15.3. The van der Waals surface area contributed by atoms with Crippen LogP contribution in [0.15, 0.2) is 16.9 Å². The van der Waals surface area contributed by atoms with Gasteiger partial charge in [-0.05, 0) is 13.0 Å². The monoisotopic (exact) mass is 336 g/mol. The number of likely N-dealkylation sites (N-methyl/N-ethyl adjacent to an activating group) is 1. The van der Waals surface area contributed by atoms with E-state index in [0.717, 1.165) is 6.54 Å². The molecule has 8 heteroatoms. The molecular weight excluding hydrogens is 314 g/mol. The van der Waals surface area contributed by atoms with Gasteiger partial charge in [-0.3, -0.25) is 9.59 Å². The first kappa shape index (κ1) is 17.6. The molecule has 5 N–H and O–H groups in total. The highest BCUT2D eigenvalue weighted by Crippen LogP contribution is 2.35. The van der Waals surface area contributed by atoms with Gasteiger partial charge in [0.25, 0.3) is 11.5 Å². The van der Waals surface area contributed by atoms with Gasteiger partial charge in [0.1, 0.15) is 11.3 Å². The van der Waals surface area contributed by atoms with E-state index in [1.54, 1.807) is 0 Å². The van der Waals surface area contributed by atoms with Crippen LogP contribution in [0.2, 0.25) is 0 Å². The van der Waals surface area contributed by atoms with Crippen LogP contribution >= 0.6 is 0 Å². The van der Waals surface area contributed by atoms with Gasteiger partial charge in [-0.15, -0.1) is 0 Å². The number of benzene rings is 1. The number of aromatic nitrogens is 1. The van der Waals surface area contributed by atoms with Crippen molar-refractivity contribution in [3.05, 3.63) is 28.0 Å². The number of methoxy groups -OCH3 is 2. The summed E-state index contributed by atoms with van der Waals surface area (Å²) in [5.41, 5.74) is -0.624. The van der Waals surface area contributed by atoms with Gasteiger partial charge in [0.05, 0.1) is 39.4 Å². The third-order valence-corrected chi connectivity index (χ3v) is 3.64. The van der Waals surface area contributed by atoms with Crippen LogP contribution in [-0.2, 0) is 0 Å². The van der Waals surface area contributed by atoms with Crippen molar-refractivity contribution >= 4 is 16.8 Å². The molecular formula is C16H22N3O5+. The van der Waals surface area contributed by atoms with Gasteiger partial charge >= 0.3 is 0 Å². The molecule has 0 aliphatic rings. The number of carbonyl (C=O) groups is 1. The molecule has 1 aromatic heterocycles. The molecule has 0 fully saturated rings. The van der Waals surface area contributed by atoms with Crippen molar-refractivity contribution in [3.8, 4) is 17.2 Å². The molecule has 1 aromatic carbocycles. The number of rotatable bonds is 7. The lowest BCUT2D eigenvalue weighted by molar-refractivity contribution is -0.649. The normalized spacial score (nSPS) is 10.6. The van der Waals surface area contributed by atoms with Crippen LogP contribution in [0.5, 0.6) is 17.2 Å². The zero-order valence-corrected chi connectivity index (χ0v) is 13.9. The third-order valence-electron chi connectivity index (χ3n) is 3.64. The van der Waals surface area contributed by atoms with Crippen LogP contribution in [-0.4, -0.2) is 49.9 Å². The first-order valence-corrected chi connectivity index (χ1v) is 7.64. The Bertz CT molecular complexity index is 800. The van der Waals surface area contributed by atoms with Gasteiger partial charge in [-0.1, -0.05) is 0 Å². The van der Waals surface area contributed by atoms with E-state index in [-0.39, 0.29) is 11.3 Å². The number of aromatic hydroxyl groups is 1. The quantitative estimate of drug-likeness (QED) is 0.512. The first-order valence-electron chi connectivity index (χ1n) is 7.64. The molecule has 0 aliphatic carbocycles. The Morgan fingerprint density at radius 3 is 2.58 bits per heavy atom. The van der Waals surface area contributed by atoms with Crippen molar-refractivity contribution < 1.29 is 24.7 Å². The Morgan fingerprint density at radius 1 is 1.29 bits per heavy atom. The maximum absolute atomic E-state index is 12.2. The van der Waals surface area contributed by atoms with E-state index in [9.17, 15) is 14.7 Å². The number of aromatic amines is 1. The number of pyridine rings is 1. The van der Waals surface area contributed by atoms with Crippen LogP contribution in [0.3, 0.4) is 0 Å². The fourth-order valence-electron chi connectivity index (χ4n) is 2.40. The smallest absolute Gasteiger partial charge is 0.265 e. The summed E-state index contributed by atoms with van der Waals surface area (Å²) in [7, 11) is 2.93. The van der Waals surface area contributed by atoms with Gasteiger partial charge in [-0.2, -0.15) is 0 Å². The van der Waals surface area contributed by atoms with E-state index in [2.05, 4.69) is 10.3 Å². The second kappa shape index (κ2) is 7.69. The lowest BCUT2D eigenvalue weighted by atomic mass is 10.1. The second-order valence-corrected chi connectivity index (χ2v) is 5.17. The number of carbonyl (C=O) groups excluding carboxylic acids is 1. The standard InChI is InChI=1S/C16H21N3O5/c1-4-17-5-6-18-15(21)13-14(20)9-7-11(23-2)12(24-3)8-10(9)19-16(13)22/h7-8,17H,4-6H2,1-3H3,(H,18,21)(H2,19,20,22)/p+1. The van der Waals surface area contributed by atoms with Gasteiger partial charge < -0.3 is 30.2 Å². The number of amides is 1. The molecule has 8 nitrogen and oxygen atoms in total. The van der Waals surface area contributed by atoms with Gasteiger partial charge in [0.2, 0.25) is 0 Å². The van der Waals surface area contributed by atoms with Crippen LogP contribution in [0.25, 0.3) is 10.9 Å². The number of hydrogen-bond acceptors (Lipinski definition) is 5. The molecule has 0 spiro atoms. The lowest BCUT2D eigenvalue weighted by Gasteiger charge is -2.12. The summed E-state index contributed by atoms with van der Waals surface area (Å²) < 4.78 is 10.4. The van der Waals surface area contributed by atoms with Crippen molar-refractivity contribution in [2.75, 3.05) is 33.9 Å². The first-order chi connectivity index (χ1) is 11.5. The Balaban J connectivity index is 2.44. The van der Waals surface area contributed by atoms with E-state index < -0.39 is 11.5 Å². The summed E-state index contributed by atoms with van der Waals surface area (Å²) in [6, 6.07) is 3.05.